The van der Waals surface area contributed by atoms with E-state index in [9.17, 15) is 4.79 Å². The second-order valence-electron chi connectivity index (χ2n) is 6.73. The smallest absolute Gasteiger partial charge is 0.226 e. The van der Waals surface area contributed by atoms with Crippen molar-refractivity contribution < 1.29 is 9.53 Å². The molecule has 0 N–H and O–H groups in total. The molecule has 0 aromatic heterocycles. The summed E-state index contributed by atoms with van der Waals surface area (Å²) >= 11 is 1.86. The van der Waals surface area contributed by atoms with Crippen LogP contribution in [0.4, 0.5) is 0 Å². The van der Waals surface area contributed by atoms with Crippen molar-refractivity contribution >= 4 is 17.7 Å². The average molecular weight is 353 g/mol. The van der Waals surface area contributed by atoms with E-state index >= 15 is 0 Å². The monoisotopic (exact) mass is 353 g/mol. The second-order valence-corrected chi connectivity index (χ2v) is 7.92. The molecule has 2 aliphatic rings. The van der Waals surface area contributed by atoms with Crippen LogP contribution < -0.4 is 4.74 Å². The number of hydrogen-bond acceptors (Lipinski definition) is 3. The molecule has 0 spiro atoms. The average Bonchev–Trinajstić information content (AvgIpc) is 3.09. The highest BCUT2D eigenvalue weighted by atomic mass is 32.2. The van der Waals surface area contributed by atoms with Crippen LogP contribution in [0.2, 0.25) is 0 Å². The second kappa shape index (κ2) is 7.52. The van der Waals surface area contributed by atoms with Crippen LogP contribution in [-0.4, -0.2) is 23.1 Å². The van der Waals surface area contributed by atoms with E-state index in [0.29, 0.717) is 12.5 Å². The lowest BCUT2D eigenvalue weighted by atomic mass is 9.84. The Balaban J connectivity index is 1.45. The summed E-state index contributed by atoms with van der Waals surface area (Å²) in [5.41, 5.74) is 2.32. The number of rotatable bonds is 5. The van der Waals surface area contributed by atoms with Gasteiger partial charge in [-0.05, 0) is 36.1 Å². The van der Waals surface area contributed by atoms with Gasteiger partial charge in [-0.2, -0.15) is 0 Å². The van der Waals surface area contributed by atoms with Crippen LogP contribution in [0.25, 0.3) is 0 Å². The van der Waals surface area contributed by atoms with Gasteiger partial charge >= 0.3 is 0 Å². The van der Waals surface area contributed by atoms with Gasteiger partial charge in [0.1, 0.15) is 17.7 Å². The van der Waals surface area contributed by atoms with E-state index in [2.05, 4.69) is 29.2 Å². The highest BCUT2D eigenvalue weighted by Gasteiger charge is 2.36. The Morgan fingerprint density at radius 3 is 2.72 bits per heavy atom. The number of ether oxygens (including phenoxy) is 1. The molecule has 4 rings (SSSR count). The van der Waals surface area contributed by atoms with Crippen LogP contribution in [0.3, 0.4) is 0 Å². The molecule has 130 valence electrons. The summed E-state index contributed by atoms with van der Waals surface area (Å²) in [7, 11) is 0. The third-order valence-electron chi connectivity index (χ3n) is 5.02. The summed E-state index contributed by atoms with van der Waals surface area (Å²) in [5, 5.41) is 0.133. The number of amides is 1. The summed E-state index contributed by atoms with van der Waals surface area (Å²) in [4.78, 5) is 14.8. The van der Waals surface area contributed by atoms with E-state index in [0.717, 1.165) is 36.5 Å². The lowest BCUT2D eigenvalue weighted by Gasteiger charge is -2.32. The SMILES string of the molecule is O=C(C1CCC1)N1CCS[C@@H]1c1cccc(OCc2ccccc2)c1. The van der Waals surface area contributed by atoms with Gasteiger partial charge in [0, 0.05) is 18.2 Å². The molecule has 3 nitrogen and oxygen atoms in total. The van der Waals surface area contributed by atoms with Gasteiger partial charge in [-0.15, -0.1) is 11.8 Å². The lowest BCUT2D eigenvalue weighted by Crippen LogP contribution is -2.38. The van der Waals surface area contributed by atoms with Gasteiger partial charge in [0.15, 0.2) is 0 Å². The summed E-state index contributed by atoms with van der Waals surface area (Å²) < 4.78 is 5.96. The molecule has 0 radical (unpaired) electrons. The number of thioether (sulfide) groups is 1. The third-order valence-corrected chi connectivity index (χ3v) is 6.28. The molecule has 4 heteroatoms. The standard InChI is InChI=1S/C21H23NO2S/c23-20(17-8-4-9-17)22-12-13-25-21(22)18-10-5-11-19(14-18)24-15-16-6-2-1-3-7-16/h1-3,5-7,10-11,14,17,21H,4,8-9,12-13,15H2/t21-/m1/s1. The van der Waals surface area contributed by atoms with Crippen LogP contribution in [0.15, 0.2) is 54.6 Å². The molecule has 2 aromatic carbocycles. The van der Waals surface area contributed by atoms with Crippen LogP contribution in [0, 0.1) is 5.92 Å². The molecule has 2 aromatic rings. The van der Waals surface area contributed by atoms with Crippen molar-refractivity contribution in [1.82, 2.24) is 4.90 Å². The van der Waals surface area contributed by atoms with Crippen LogP contribution in [0.5, 0.6) is 5.75 Å². The molecule has 2 fully saturated rings. The molecular weight excluding hydrogens is 330 g/mol. The van der Waals surface area contributed by atoms with Crippen LogP contribution >= 0.6 is 11.8 Å². The van der Waals surface area contributed by atoms with Crippen LogP contribution in [-0.2, 0) is 11.4 Å². The predicted molar refractivity (Wildman–Crippen MR) is 101 cm³/mol. The van der Waals surface area contributed by atoms with Crippen molar-refractivity contribution in [2.45, 2.75) is 31.2 Å². The van der Waals surface area contributed by atoms with E-state index in [1.165, 1.54) is 12.0 Å². The molecule has 1 aliphatic heterocycles. The Hall–Kier alpha value is -1.94. The predicted octanol–water partition coefficient (Wildman–Crippen LogP) is 4.64. The van der Waals surface area contributed by atoms with Crippen molar-refractivity contribution in [2.24, 2.45) is 5.92 Å². The van der Waals surface area contributed by atoms with Crippen molar-refractivity contribution in [3.63, 3.8) is 0 Å². The zero-order valence-electron chi connectivity index (χ0n) is 14.3. The van der Waals surface area contributed by atoms with Crippen molar-refractivity contribution in [3.05, 3.63) is 65.7 Å². The normalized spacial score (nSPS) is 20.3. The highest BCUT2D eigenvalue weighted by Crippen LogP contribution is 2.41. The maximum atomic E-state index is 12.7. The minimum absolute atomic E-state index is 0.133. The number of benzene rings is 2. The van der Waals surface area contributed by atoms with Gasteiger partial charge in [-0.1, -0.05) is 48.9 Å². The first kappa shape index (κ1) is 16.5. The Morgan fingerprint density at radius 2 is 1.96 bits per heavy atom. The van der Waals surface area contributed by atoms with Crippen molar-refractivity contribution in [2.75, 3.05) is 12.3 Å². The van der Waals surface area contributed by atoms with Gasteiger partial charge in [0.25, 0.3) is 0 Å². The molecule has 1 saturated heterocycles. The zero-order chi connectivity index (χ0) is 17.1. The summed E-state index contributed by atoms with van der Waals surface area (Å²) in [6.45, 7) is 1.42. The van der Waals surface area contributed by atoms with E-state index in [4.69, 9.17) is 4.74 Å². The number of carbonyl (C=O) groups is 1. The Bertz CT molecular complexity index is 730. The molecule has 25 heavy (non-hydrogen) atoms. The van der Waals surface area contributed by atoms with Gasteiger partial charge in [0.2, 0.25) is 5.91 Å². The Morgan fingerprint density at radius 1 is 1.12 bits per heavy atom. The molecule has 1 amide bonds. The van der Waals surface area contributed by atoms with Gasteiger partial charge in [-0.3, -0.25) is 4.79 Å². The molecule has 0 unspecified atom stereocenters. The maximum Gasteiger partial charge on any atom is 0.226 e. The molecule has 1 saturated carbocycles. The molecular formula is C21H23NO2S. The Kier molecular flexibility index (Phi) is 4.97. The van der Waals surface area contributed by atoms with Crippen LogP contribution in [0.1, 0.15) is 35.8 Å². The number of hydrogen-bond donors (Lipinski definition) is 0. The van der Waals surface area contributed by atoms with Gasteiger partial charge in [0.05, 0.1) is 0 Å². The first-order valence-electron chi connectivity index (χ1n) is 9.00. The molecule has 1 atom stereocenters. The van der Waals surface area contributed by atoms with E-state index < -0.39 is 0 Å². The summed E-state index contributed by atoms with van der Waals surface area (Å²) in [6.07, 6.45) is 3.32. The highest BCUT2D eigenvalue weighted by molar-refractivity contribution is 7.99. The molecule has 1 aliphatic carbocycles. The molecule has 1 heterocycles. The third kappa shape index (κ3) is 3.69. The minimum atomic E-state index is 0.133. The fraction of sp³-hybridized carbons (Fsp3) is 0.381. The first-order chi connectivity index (χ1) is 12.3. The number of carbonyl (C=O) groups excluding carboxylic acids is 1. The number of nitrogens with zero attached hydrogens (tertiary/aromatic N) is 1. The molecule has 0 bridgehead atoms. The van der Waals surface area contributed by atoms with Crippen molar-refractivity contribution in [3.8, 4) is 5.75 Å². The topological polar surface area (TPSA) is 29.5 Å². The van der Waals surface area contributed by atoms with Gasteiger partial charge < -0.3 is 9.64 Å². The minimum Gasteiger partial charge on any atom is -0.489 e. The van der Waals surface area contributed by atoms with E-state index in [-0.39, 0.29) is 11.3 Å². The quantitative estimate of drug-likeness (QED) is 0.784. The lowest BCUT2D eigenvalue weighted by molar-refractivity contribution is -0.138. The fourth-order valence-electron chi connectivity index (χ4n) is 3.36. The Labute approximate surface area is 153 Å². The fourth-order valence-corrected chi connectivity index (χ4v) is 4.61. The maximum absolute atomic E-state index is 12.7. The summed E-state index contributed by atoms with van der Waals surface area (Å²) in [5.74, 6) is 2.48. The zero-order valence-corrected chi connectivity index (χ0v) is 15.1. The van der Waals surface area contributed by atoms with Crippen molar-refractivity contribution in [1.29, 1.82) is 0 Å². The largest absolute Gasteiger partial charge is 0.489 e. The summed E-state index contributed by atoms with van der Waals surface area (Å²) in [6, 6.07) is 18.4. The van der Waals surface area contributed by atoms with Gasteiger partial charge in [-0.25, -0.2) is 0 Å². The van der Waals surface area contributed by atoms with E-state index in [1.807, 2.05) is 42.1 Å². The van der Waals surface area contributed by atoms with E-state index in [1.54, 1.807) is 0 Å². The first-order valence-corrected chi connectivity index (χ1v) is 10.0.